The van der Waals surface area contributed by atoms with Gasteiger partial charge in [0, 0.05) is 55.9 Å². The molecule has 3 aliphatic rings. The molecule has 3 fully saturated rings. The first kappa shape index (κ1) is 22.2. The lowest BCUT2D eigenvalue weighted by atomic mass is 9.91. The van der Waals surface area contributed by atoms with Gasteiger partial charge in [-0.2, -0.15) is 13.2 Å². The molecule has 0 radical (unpaired) electrons. The van der Waals surface area contributed by atoms with E-state index in [0.29, 0.717) is 50.3 Å². The van der Waals surface area contributed by atoms with E-state index in [1.807, 2.05) is 36.1 Å². The minimum atomic E-state index is -4.33. The molecular formula is C25H27F3N2O3. The fourth-order valence-corrected chi connectivity index (χ4v) is 5.23. The summed E-state index contributed by atoms with van der Waals surface area (Å²) in [5.41, 5.74) is 1.45. The standard InChI is InChI=1S/C25H27F3N2O3/c1-2-33-24(15-32-16-24)20-5-3-17(4-6-20)23(31)30-13-18-11-29(12-19(18)14-30)22-9-7-21(8-10-22)25(26,27)28/h3-10,18-19H,2,11-16H2,1H3. The normalized spacial score (nSPS) is 24.0. The molecule has 1 amide bonds. The smallest absolute Gasteiger partial charge is 0.375 e. The SMILES string of the molecule is CCOC1(c2ccc(C(=O)N3CC4CN(c5ccc(C(F)(F)F)cc5)CC4C3)cc2)COC1. The number of likely N-dealkylation sites (tertiary alicyclic amines) is 1. The molecule has 2 atom stereocenters. The van der Waals surface area contributed by atoms with Crippen LogP contribution in [0.4, 0.5) is 18.9 Å². The van der Waals surface area contributed by atoms with E-state index in [0.717, 1.165) is 36.5 Å². The average Bonchev–Trinajstić information content (AvgIpc) is 3.35. The number of rotatable bonds is 5. The van der Waals surface area contributed by atoms with Gasteiger partial charge in [-0.1, -0.05) is 12.1 Å². The predicted molar refractivity (Wildman–Crippen MR) is 117 cm³/mol. The lowest BCUT2D eigenvalue weighted by Crippen LogP contribution is -2.49. The first-order chi connectivity index (χ1) is 15.8. The molecule has 0 aliphatic carbocycles. The van der Waals surface area contributed by atoms with Gasteiger partial charge in [0.2, 0.25) is 0 Å². The summed E-state index contributed by atoms with van der Waals surface area (Å²) in [4.78, 5) is 17.1. The number of hydrogen-bond acceptors (Lipinski definition) is 4. The van der Waals surface area contributed by atoms with Gasteiger partial charge in [0.15, 0.2) is 0 Å². The van der Waals surface area contributed by atoms with Gasteiger partial charge in [0.05, 0.1) is 18.8 Å². The monoisotopic (exact) mass is 460 g/mol. The minimum absolute atomic E-state index is 0.0207. The molecule has 0 N–H and O–H groups in total. The Morgan fingerprint density at radius 3 is 2.09 bits per heavy atom. The first-order valence-electron chi connectivity index (χ1n) is 11.3. The van der Waals surface area contributed by atoms with Crippen LogP contribution in [0, 0.1) is 11.8 Å². The zero-order valence-corrected chi connectivity index (χ0v) is 18.5. The highest BCUT2D eigenvalue weighted by Crippen LogP contribution is 2.37. The van der Waals surface area contributed by atoms with Gasteiger partial charge in [-0.05, 0) is 48.9 Å². The number of amides is 1. The predicted octanol–water partition coefficient (Wildman–Crippen LogP) is 4.18. The summed E-state index contributed by atoms with van der Waals surface area (Å²) in [5.74, 6) is 0.667. The van der Waals surface area contributed by atoms with Gasteiger partial charge < -0.3 is 19.3 Å². The van der Waals surface area contributed by atoms with Crippen LogP contribution in [0.2, 0.25) is 0 Å². The van der Waals surface area contributed by atoms with E-state index in [-0.39, 0.29) is 5.91 Å². The van der Waals surface area contributed by atoms with Crippen molar-refractivity contribution in [2.45, 2.75) is 18.7 Å². The van der Waals surface area contributed by atoms with Gasteiger partial charge in [0.1, 0.15) is 5.60 Å². The highest BCUT2D eigenvalue weighted by Gasteiger charge is 2.43. The Bertz CT molecular complexity index is 989. The van der Waals surface area contributed by atoms with Crippen molar-refractivity contribution in [1.82, 2.24) is 4.90 Å². The quantitative estimate of drug-likeness (QED) is 0.672. The number of halogens is 3. The number of alkyl halides is 3. The Morgan fingerprint density at radius 2 is 1.61 bits per heavy atom. The van der Waals surface area contributed by atoms with E-state index in [9.17, 15) is 18.0 Å². The number of fused-ring (bicyclic) bond motifs is 1. The molecule has 2 aromatic carbocycles. The molecule has 0 aromatic heterocycles. The molecule has 5 rings (SSSR count). The van der Waals surface area contributed by atoms with Crippen molar-refractivity contribution in [3.05, 3.63) is 65.2 Å². The van der Waals surface area contributed by atoms with Crippen molar-refractivity contribution >= 4 is 11.6 Å². The fourth-order valence-electron chi connectivity index (χ4n) is 5.23. The van der Waals surface area contributed by atoms with Crippen LogP contribution in [-0.2, 0) is 21.3 Å². The van der Waals surface area contributed by atoms with E-state index in [1.54, 1.807) is 0 Å². The van der Waals surface area contributed by atoms with Gasteiger partial charge >= 0.3 is 6.18 Å². The molecule has 0 saturated carbocycles. The maximum Gasteiger partial charge on any atom is 0.416 e. The minimum Gasteiger partial charge on any atom is -0.375 e. The summed E-state index contributed by atoms with van der Waals surface area (Å²) >= 11 is 0. The third-order valence-electron chi connectivity index (χ3n) is 7.08. The highest BCUT2D eigenvalue weighted by atomic mass is 19.4. The summed E-state index contributed by atoms with van der Waals surface area (Å²) in [6.07, 6.45) is -4.33. The van der Waals surface area contributed by atoms with Crippen molar-refractivity contribution in [3.8, 4) is 0 Å². The lowest BCUT2D eigenvalue weighted by molar-refractivity contribution is -0.214. The number of nitrogens with zero attached hydrogens (tertiary/aromatic N) is 2. The van der Waals surface area contributed by atoms with Crippen molar-refractivity contribution in [1.29, 1.82) is 0 Å². The molecule has 0 spiro atoms. The van der Waals surface area contributed by atoms with Crippen LogP contribution >= 0.6 is 0 Å². The Kier molecular flexibility index (Phi) is 5.61. The van der Waals surface area contributed by atoms with Crippen molar-refractivity contribution in [3.63, 3.8) is 0 Å². The topological polar surface area (TPSA) is 42.0 Å². The number of carbonyl (C=O) groups is 1. The molecule has 3 heterocycles. The van der Waals surface area contributed by atoms with Crippen LogP contribution in [0.1, 0.15) is 28.4 Å². The maximum absolute atomic E-state index is 13.1. The third-order valence-corrected chi connectivity index (χ3v) is 7.08. The van der Waals surface area contributed by atoms with Crippen molar-refractivity contribution in [2.75, 3.05) is 50.9 Å². The van der Waals surface area contributed by atoms with E-state index in [2.05, 4.69) is 4.90 Å². The van der Waals surface area contributed by atoms with E-state index in [4.69, 9.17) is 9.47 Å². The summed E-state index contributed by atoms with van der Waals surface area (Å²) in [6.45, 7) is 6.44. The van der Waals surface area contributed by atoms with Gasteiger partial charge in [0.25, 0.3) is 5.91 Å². The van der Waals surface area contributed by atoms with Crippen molar-refractivity contribution in [2.24, 2.45) is 11.8 Å². The Morgan fingerprint density at radius 1 is 1.00 bits per heavy atom. The Labute approximate surface area is 191 Å². The van der Waals surface area contributed by atoms with E-state index in [1.165, 1.54) is 12.1 Å². The molecule has 3 saturated heterocycles. The maximum atomic E-state index is 13.1. The highest BCUT2D eigenvalue weighted by molar-refractivity contribution is 5.94. The largest absolute Gasteiger partial charge is 0.416 e. The summed E-state index contributed by atoms with van der Waals surface area (Å²) in [6, 6.07) is 13.0. The van der Waals surface area contributed by atoms with Crippen LogP contribution < -0.4 is 4.90 Å². The average molecular weight is 460 g/mol. The van der Waals surface area contributed by atoms with Crippen LogP contribution in [-0.4, -0.2) is 56.8 Å². The molecule has 0 bridgehead atoms. The van der Waals surface area contributed by atoms with Gasteiger partial charge in [-0.25, -0.2) is 0 Å². The number of carbonyl (C=O) groups excluding carboxylic acids is 1. The van der Waals surface area contributed by atoms with Crippen LogP contribution in [0.5, 0.6) is 0 Å². The summed E-state index contributed by atoms with van der Waals surface area (Å²) in [7, 11) is 0. The molecule has 5 nitrogen and oxygen atoms in total. The summed E-state index contributed by atoms with van der Waals surface area (Å²) < 4.78 is 49.7. The van der Waals surface area contributed by atoms with Gasteiger partial charge in [-0.15, -0.1) is 0 Å². The third kappa shape index (κ3) is 4.10. The zero-order chi connectivity index (χ0) is 23.2. The molecular weight excluding hydrogens is 433 g/mol. The Hall–Kier alpha value is -2.58. The van der Waals surface area contributed by atoms with Crippen molar-refractivity contribution < 1.29 is 27.4 Å². The van der Waals surface area contributed by atoms with Crippen LogP contribution in [0.3, 0.4) is 0 Å². The number of ether oxygens (including phenoxy) is 2. The Balaban J connectivity index is 1.20. The van der Waals surface area contributed by atoms with E-state index >= 15 is 0 Å². The number of hydrogen-bond donors (Lipinski definition) is 0. The lowest BCUT2D eigenvalue weighted by Gasteiger charge is -2.41. The van der Waals surface area contributed by atoms with Crippen LogP contribution in [0.25, 0.3) is 0 Å². The molecule has 2 aromatic rings. The molecule has 176 valence electrons. The fraction of sp³-hybridized carbons (Fsp3) is 0.480. The zero-order valence-electron chi connectivity index (χ0n) is 18.5. The second-order valence-electron chi connectivity index (χ2n) is 9.18. The first-order valence-corrected chi connectivity index (χ1v) is 11.3. The molecule has 33 heavy (non-hydrogen) atoms. The molecule has 2 unspecified atom stereocenters. The second-order valence-corrected chi connectivity index (χ2v) is 9.18. The number of benzene rings is 2. The number of anilines is 1. The second kappa shape index (κ2) is 8.33. The van der Waals surface area contributed by atoms with E-state index < -0.39 is 17.3 Å². The molecule has 3 aliphatic heterocycles. The van der Waals surface area contributed by atoms with Crippen LogP contribution in [0.15, 0.2) is 48.5 Å². The summed E-state index contributed by atoms with van der Waals surface area (Å²) in [5, 5.41) is 0. The van der Waals surface area contributed by atoms with Gasteiger partial charge in [-0.3, -0.25) is 4.79 Å². The molecule has 8 heteroatoms.